The molecule has 1 aromatic rings. The molecule has 1 amide bonds. The Labute approximate surface area is 168 Å². The van der Waals surface area contributed by atoms with Gasteiger partial charge in [0.2, 0.25) is 5.91 Å². The van der Waals surface area contributed by atoms with Gasteiger partial charge >= 0.3 is 0 Å². The van der Waals surface area contributed by atoms with E-state index in [9.17, 15) is 9.18 Å². The summed E-state index contributed by atoms with van der Waals surface area (Å²) in [6.07, 6.45) is 9.50. The monoisotopic (exact) mass is 384 g/mol. The van der Waals surface area contributed by atoms with E-state index in [1.165, 1.54) is 38.5 Å². The smallest absolute Gasteiger partial charge is 0.225 e. The fourth-order valence-corrected chi connectivity index (χ4v) is 5.95. The molecule has 0 N–H and O–H groups in total. The van der Waals surface area contributed by atoms with E-state index >= 15 is 0 Å². The van der Waals surface area contributed by atoms with Crippen molar-refractivity contribution < 1.29 is 9.18 Å². The van der Waals surface area contributed by atoms with E-state index in [4.69, 9.17) is 0 Å². The SMILES string of the molecule is O=C(C1CC(c2ccc(CN3CCCC3)c(F)c2)C1)N1CC2CCC(CC2)C1. The molecule has 152 valence electrons. The third-order valence-electron chi connectivity index (χ3n) is 7.86. The molecule has 5 aliphatic rings. The summed E-state index contributed by atoms with van der Waals surface area (Å²) in [7, 11) is 0. The van der Waals surface area contributed by atoms with Gasteiger partial charge in [0, 0.05) is 31.1 Å². The molecule has 28 heavy (non-hydrogen) atoms. The van der Waals surface area contributed by atoms with Crippen molar-refractivity contribution >= 4 is 5.91 Å². The summed E-state index contributed by atoms with van der Waals surface area (Å²) in [4.78, 5) is 17.5. The summed E-state index contributed by atoms with van der Waals surface area (Å²) in [5.74, 6) is 2.29. The minimum absolute atomic E-state index is 0.0664. The van der Waals surface area contributed by atoms with Gasteiger partial charge in [-0.1, -0.05) is 12.1 Å². The quantitative estimate of drug-likeness (QED) is 0.760. The van der Waals surface area contributed by atoms with Crippen molar-refractivity contribution in [1.29, 1.82) is 0 Å². The molecule has 0 spiro atoms. The van der Waals surface area contributed by atoms with E-state index in [0.717, 1.165) is 68.5 Å². The number of carbonyl (C=O) groups excluding carboxylic acids is 1. The van der Waals surface area contributed by atoms with Crippen LogP contribution in [0, 0.1) is 23.6 Å². The first-order valence-electron chi connectivity index (χ1n) is 11.4. The molecular formula is C24H33FN2O. The molecule has 0 atom stereocenters. The number of likely N-dealkylation sites (tertiary alicyclic amines) is 1. The van der Waals surface area contributed by atoms with Gasteiger partial charge in [-0.05, 0) is 93.8 Å². The number of hydrogen-bond acceptors (Lipinski definition) is 2. The lowest BCUT2D eigenvalue weighted by atomic mass is 9.70. The van der Waals surface area contributed by atoms with Crippen LogP contribution in [-0.4, -0.2) is 41.9 Å². The second-order valence-corrected chi connectivity index (χ2v) is 9.83. The number of benzene rings is 1. The highest BCUT2D eigenvalue weighted by atomic mass is 19.1. The summed E-state index contributed by atoms with van der Waals surface area (Å²) in [5.41, 5.74) is 1.90. The molecule has 5 fully saturated rings. The van der Waals surface area contributed by atoms with Gasteiger partial charge in [0.25, 0.3) is 0 Å². The Morgan fingerprint density at radius 2 is 1.64 bits per heavy atom. The van der Waals surface area contributed by atoms with Crippen molar-refractivity contribution in [3.63, 3.8) is 0 Å². The standard InChI is InChI=1S/C24H33FN2O/c25-23-13-19(7-8-20(23)16-26-9-1-2-10-26)21-11-22(12-21)24(28)27-14-17-3-4-18(15-27)6-5-17/h7-8,13,17-18,21-22H,1-6,9-12,14-16H2. The number of halogens is 1. The Kier molecular flexibility index (Phi) is 5.17. The zero-order valence-electron chi connectivity index (χ0n) is 16.9. The first-order chi connectivity index (χ1) is 13.7. The Morgan fingerprint density at radius 1 is 1.00 bits per heavy atom. The molecule has 0 unspecified atom stereocenters. The molecule has 6 rings (SSSR count). The minimum Gasteiger partial charge on any atom is -0.342 e. The largest absolute Gasteiger partial charge is 0.342 e. The number of fused-ring (bicyclic) bond motifs is 4. The first kappa shape index (κ1) is 18.6. The van der Waals surface area contributed by atoms with Crippen LogP contribution in [0.3, 0.4) is 0 Å². The fourth-order valence-electron chi connectivity index (χ4n) is 5.95. The third-order valence-corrected chi connectivity index (χ3v) is 7.86. The highest BCUT2D eigenvalue weighted by molar-refractivity contribution is 5.80. The normalized spacial score (nSPS) is 33.0. The molecule has 2 aliphatic carbocycles. The van der Waals surface area contributed by atoms with Crippen LogP contribution in [0.25, 0.3) is 0 Å². The molecule has 3 heterocycles. The maximum atomic E-state index is 14.6. The lowest BCUT2D eigenvalue weighted by Gasteiger charge is -2.38. The predicted octanol–water partition coefficient (Wildman–Crippen LogP) is 4.56. The van der Waals surface area contributed by atoms with Gasteiger partial charge in [0.15, 0.2) is 0 Å². The fraction of sp³-hybridized carbons (Fsp3) is 0.708. The topological polar surface area (TPSA) is 23.6 Å². The second kappa shape index (κ2) is 7.78. The van der Waals surface area contributed by atoms with Crippen LogP contribution in [0.2, 0.25) is 0 Å². The average Bonchev–Trinajstić information content (AvgIpc) is 2.98. The summed E-state index contributed by atoms with van der Waals surface area (Å²) in [5, 5.41) is 0. The molecule has 4 heteroatoms. The third kappa shape index (κ3) is 3.72. The van der Waals surface area contributed by atoms with Gasteiger partial charge < -0.3 is 4.90 Å². The van der Waals surface area contributed by atoms with Crippen LogP contribution >= 0.6 is 0 Å². The predicted molar refractivity (Wildman–Crippen MR) is 108 cm³/mol. The van der Waals surface area contributed by atoms with Crippen molar-refractivity contribution in [2.75, 3.05) is 26.2 Å². The summed E-state index contributed by atoms with van der Waals surface area (Å²) < 4.78 is 14.6. The molecular weight excluding hydrogens is 351 g/mol. The minimum atomic E-state index is -0.0664. The highest BCUT2D eigenvalue weighted by Gasteiger charge is 2.40. The van der Waals surface area contributed by atoms with Crippen LogP contribution in [0.15, 0.2) is 18.2 Å². The van der Waals surface area contributed by atoms with Crippen LogP contribution in [0.4, 0.5) is 4.39 Å². The summed E-state index contributed by atoms with van der Waals surface area (Å²) >= 11 is 0. The van der Waals surface area contributed by atoms with E-state index in [-0.39, 0.29) is 11.7 Å². The Balaban J connectivity index is 1.17. The van der Waals surface area contributed by atoms with Gasteiger partial charge in [0.05, 0.1) is 0 Å². The maximum absolute atomic E-state index is 14.6. The van der Waals surface area contributed by atoms with E-state index in [2.05, 4.69) is 15.9 Å². The molecule has 0 radical (unpaired) electrons. The van der Waals surface area contributed by atoms with Crippen molar-refractivity contribution in [3.8, 4) is 0 Å². The number of carbonyl (C=O) groups is 1. The van der Waals surface area contributed by atoms with E-state index in [1.54, 1.807) is 6.07 Å². The lowest BCUT2D eigenvalue weighted by molar-refractivity contribution is -0.139. The maximum Gasteiger partial charge on any atom is 0.225 e. The molecule has 3 nitrogen and oxygen atoms in total. The summed E-state index contributed by atoms with van der Waals surface area (Å²) in [6.45, 7) is 4.87. The molecule has 3 aliphatic heterocycles. The lowest BCUT2D eigenvalue weighted by Crippen LogP contribution is -2.43. The number of nitrogens with zero attached hydrogens (tertiary/aromatic N) is 2. The average molecular weight is 385 g/mol. The zero-order valence-corrected chi connectivity index (χ0v) is 16.9. The van der Waals surface area contributed by atoms with Gasteiger partial charge in [-0.2, -0.15) is 0 Å². The highest BCUT2D eigenvalue weighted by Crippen LogP contribution is 2.44. The van der Waals surface area contributed by atoms with Crippen LogP contribution in [-0.2, 0) is 11.3 Å². The summed E-state index contributed by atoms with van der Waals surface area (Å²) in [6, 6.07) is 5.82. The molecule has 0 aromatic heterocycles. The Hall–Kier alpha value is -1.42. The van der Waals surface area contributed by atoms with E-state index < -0.39 is 0 Å². The van der Waals surface area contributed by atoms with Crippen molar-refractivity contribution in [3.05, 3.63) is 35.1 Å². The Bertz CT molecular complexity index is 701. The number of hydrogen-bond donors (Lipinski definition) is 0. The van der Waals surface area contributed by atoms with Gasteiger partial charge in [-0.25, -0.2) is 4.39 Å². The molecule has 2 saturated carbocycles. The number of amides is 1. The second-order valence-electron chi connectivity index (χ2n) is 9.83. The van der Waals surface area contributed by atoms with Crippen molar-refractivity contribution in [2.24, 2.45) is 17.8 Å². The van der Waals surface area contributed by atoms with Crippen molar-refractivity contribution in [2.45, 2.75) is 63.8 Å². The molecule has 1 aromatic carbocycles. The molecule has 3 saturated heterocycles. The number of rotatable bonds is 4. The van der Waals surface area contributed by atoms with Crippen molar-refractivity contribution in [1.82, 2.24) is 9.80 Å². The zero-order chi connectivity index (χ0) is 19.1. The van der Waals surface area contributed by atoms with E-state index in [0.29, 0.717) is 11.8 Å². The first-order valence-corrected chi connectivity index (χ1v) is 11.4. The molecule has 2 bridgehead atoms. The van der Waals surface area contributed by atoms with E-state index in [1.807, 2.05) is 6.07 Å². The van der Waals surface area contributed by atoms with Crippen LogP contribution in [0.1, 0.15) is 68.4 Å². The Morgan fingerprint density at radius 3 is 2.25 bits per heavy atom. The van der Waals surface area contributed by atoms with Gasteiger partial charge in [0.1, 0.15) is 5.82 Å². The van der Waals surface area contributed by atoms with Gasteiger partial charge in [-0.15, -0.1) is 0 Å². The van der Waals surface area contributed by atoms with Gasteiger partial charge in [-0.3, -0.25) is 9.69 Å². The van der Waals surface area contributed by atoms with Crippen LogP contribution in [0.5, 0.6) is 0 Å². The van der Waals surface area contributed by atoms with Crippen LogP contribution < -0.4 is 0 Å².